The molecule has 1 atom stereocenters. The van der Waals surface area contributed by atoms with E-state index in [2.05, 4.69) is 9.97 Å². The number of hydrogen-bond donors (Lipinski definition) is 1. The predicted molar refractivity (Wildman–Crippen MR) is 68.5 cm³/mol. The molecule has 0 spiro atoms. The number of piperidine rings is 1. The first-order valence-electron chi connectivity index (χ1n) is 5.75. The lowest BCUT2D eigenvalue weighted by atomic mass is 10.0. The highest BCUT2D eigenvalue weighted by atomic mass is 35.5. The summed E-state index contributed by atoms with van der Waals surface area (Å²) in [5, 5.41) is 0.203. The van der Waals surface area contributed by atoms with Gasteiger partial charge in [0.2, 0.25) is 0 Å². The number of nitrogens with two attached hydrogens (primary N) is 1. The summed E-state index contributed by atoms with van der Waals surface area (Å²) in [5.41, 5.74) is 6.17. The van der Waals surface area contributed by atoms with Gasteiger partial charge in [0, 0.05) is 6.54 Å². The summed E-state index contributed by atoms with van der Waals surface area (Å²) in [4.78, 5) is 21.5. The molecule has 6 nitrogen and oxygen atoms in total. The molecule has 1 aliphatic heterocycles. The van der Waals surface area contributed by atoms with Crippen molar-refractivity contribution in [3.8, 4) is 0 Å². The molecule has 0 aromatic carbocycles. The predicted octanol–water partition coefficient (Wildman–Crippen LogP) is 1.24. The average molecular weight is 271 g/mol. The molecule has 1 fully saturated rings. The average Bonchev–Trinajstić information content (AvgIpc) is 2.41. The van der Waals surface area contributed by atoms with Crippen LogP contribution in [0.4, 0.5) is 11.5 Å². The maximum absolute atomic E-state index is 11.8. The molecule has 2 heterocycles. The van der Waals surface area contributed by atoms with Crippen molar-refractivity contribution < 1.29 is 9.53 Å². The molecule has 2 rings (SSSR count). The minimum Gasteiger partial charge on any atom is -0.467 e. The van der Waals surface area contributed by atoms with Crippen LogP contribution in [0.1, 0.15) is 19.3 Å². The molecular formula is C11H15ClN4O2. The van der Waals surface area contributed by atoms with E-state index in [9.17, 15) is 4.79 Å². The number of hydrogen-bond acceptors (Lipinski definition) is 6. The molecule has 1 unspecified atom stereocenters. The third kappa shape index (κ3) is 2.33. The van der Waals surface area contributed by atoms with Crippen LogP contribution in [-0.2, 0) is 9.53 Å². The fraction of sp³-hybridized carbons (Fsp3) is 0.545. The summed E-state index contributed by atoms with van der Waals surface area (Å²) in [7, 11) is 1.38. The third-order valence-electron chi connectivity index (χ3n) is 3.06. The number of rotatable bonds is 2. The number of methoxy groups -OCH3 is 1. The lowest BCUT2D eigenvalue weighted by molar-refractivity contribution is -0.142. The van der Waals surface area contributed by atoms with E-state index in [0.717, 1.165) is 19.3 Å². The van der Waals surface area contributed by atoms with Crippen LogP contribution >= 0.6 is 11.6 Å². The molecule has 18 heavy (non-hydrogen) atoms. The van der Waals surface area contributed by atoms with Crippen LogP contribution in [0.5, 0.6) is 0 Å². The van der Waals surface area contributed by atoms with Crippen molar-refractivity contribution in [2.45, 2.75) is 25.3 Å². The number of aromatic nitrogens is 2. The second-order valence-corrected chi connectivity index (χ2v) is 4.49. The fourth-order valence-corrected chi connectivity index (χ4v) is 2.29. The molecule has 0 radical (unpaired) electrons. The topological polar surface area (TPSA) is 81.3 Å². The number of carbonyl (C=O) groups is 1. The first-order valence-corrected chi connectivity index (χ1v) is 6.13. The quantitative estimate of drug-likeness (QED) is 0.643. The van der Waals surface area contributed by atoms with Gasteiger partial charge in [0.1, 0.15) is 18.1 Å². The number of anilines is 2. The number of nitrogen functional groups attached to an aromatic ring is 1. The van der Waals surface area contributed by atoms with Gasteiger partial charge in [-0.3, -0.25) is 0 Å². The Morgan fingerprint density at radius 3 is 3.06 bits per heavy atom. The summed E-state index contributed by atoms with van der Waals surface area (Å²) >= 11 is 5.88. The van der Waals surface area contributed by atoms with E-state index >= 15 is 0 Å². The second-order valence-electron chi connectivity index (χ2n) is 4.13. The van der Waals surface area contributed by atoms with Crippen molar-refractivity contribution in [1.29, 1.82) is 0 Å². The first-order chi connectivity index (χ1) is 8.65. The van der Waals surface area contributed by atoms with Gasteiger partial charge in [0.25, 0.3) is 0 Å². The van der Waals surface area contributed by atoms with E-state index in [1.54, 1.807) is 0 Å². The van der Waals surface area contributed by atoms with Crippen LogP contribution in [0, 0.1) is 0 Å². The Balaban J connectivity index is 2.34. The lowest BCUT2D eigenvalue weighted by Crippen LogP contribution is -2.46. The standard InChI is InChI=1S/C11H15ClN4O2/c1-18-11(17)7-4-2-3-5-16(7)10-8(13)9(12)14-6-15-10/h6-7H,2-5,13H2,1H3. The molecule has 1 aromatic heterocycles. The Morgan fingerprint density at radius 2 is 2.33 bits per heavy atom. The molecule has 0 bridgehead atoms. The molecule has 0 amide bonds. The first kappa shape index (κ1) is 12.9. The fourth-order valence-electron chi connectivity index (χ4n) is 2.16. The molecule has 0 saturated carbocycles. The van der Waals surface area contributed by atoms with Crippen molar-refractivity contribution >= 4 is 29.1 Å². The molecule has 1 aromatic rings. The van der Waals surface area contributed by atoms with Crippen molar-refractivity contribution in [2.24, 2.45) is 0 Å². The minimum atomic E-state index is -0.350. The van der Waals surface area contributed by atoms with Crippen LogP contribution in [0.3, 0.4) is 0 Å². The maximum Gasteiger partial charge on any atom is 0.328 e. The maximum atomic E-state index is 11.8. The van der Waals surface area contributed by atoms with Crippen LogP contribution in [0.2, 0.25) is 5.15 Å². The highest BCUT2D eigenvalue weighted by Gasteiger charge is 2.31. The molecule has 1 saturated heterocycles. The van der Waals surface area contributed by atoms with Gasteiger partial charge < -0.3 is 15.4 Å². The number of esters is 1. The lowest BCUT2D eigenvalue weighted by Gasteiger charge is -2.35. The Hall–Kier alpha value is -1.56. The molecule has 7 heteroatoms. The van der Waals surface area contributed by atoms with Crippen molar-refractivity contribution in [1.82, 2.24) is 9.97 Å². The van der Waals surface area contributed by atoms with Crippen molar-refractivity contribution in [2.75, 3.05) is 24.3 Å². The third-order valence-corrected chi connectivity index (χ3v) is 3.36. The SMILES string of the molecule is COC(=O)C1CCCCN1c1ncnc(Cl)c1N. The van der Waals surface area contributed by atoms with Gasteiger partial charge in [-0.2, -0.15) is 0 Å². The van der Waals surface area contributed by atoms with Gasteiger partial charge in [-0.1, -0.05) is 11.6 Å². The zero-order chi connectivity index (χ0) is 13.1. The normalized spacial score (nSPS) is 19.7. The minimum absolute atomic E-state index is 0.203. The van der Waals surface area contributed by atoms with Gasteiger partial charge in [0.05, 0.1) is 7.11 Å². The summed E-state index contributed by atoms with van der Waals surface area (Å²) in [6, 6.07) is -0.350. The van der Waals surface area contributed by atoms with Gasteiger partial charge in [-0.25, -0.2) is 14.8 Å². The number of nitrogens with zero attached hydrogens (tertiary/aromatic N) is 3. The zero-order valence-corrected chi connectivity index (χ0v) is 10.9. The van der Waals surface area contributed by atoms with Crippen LogP contribution in [0.15, 0.2) is 6.33 Å². The van der Waals surface area contributed by atoms with E-state index in [0.29, 0.717) is 18.1 Å². The largest absolute Gasteiger partial charge is 0.467 e. The van der Waals surface area contributed by atoms with Gasteiger partial charge >= 0.3 is 5.97 Å². The highest BCUT2D eigenvalue weighted by Crippen LogP contribution is 2.31. The summed E-state index contributed by atoms with van der Waals surface area (Å²) < 4.78 is 4.81. The Kier molecular flexibility index (Phi) is 3.86. The van der Waals surface area contributed by atoms with Crippen molar-refractivity contribution in [3.05, 3.63) is 11.5 Å². The number of ether oxygens (including phenoxy) is 1. The second kappa shape index (κ2) is 5.39. The number of carbonyl (C=O) groups excluding carboxylic acids is 1. The Morgan fingerprint density at radius 1 is 1.56 bits per heavy atom. The number of halogens is 1. The smallest absolute Gasteiger partial charge is 0.328 e. The van der Waals surface area contributed by atoms with Crippen LogP contribution < -0.4 is 10.6 Å². The van der Waals surface area contributed by atoms with Crippen LogP contribution in [-0.4, -0.2) is 35.6 Å². The van der Waals surface area contributed by atoms with Crippen molar-refractivity contribution in [3.63, 3.8) is 0 Å². The molecule has 98 valence electrons. The van der Waals surface area contributed by atoms with Crippen LogP contribution in [0.25, 0.3) is 0 Å². The Labute approximate surface area is 110 Å². The molecule has 2 N–H and O–H groups in total. The molecule has 0 aliphatic carbocycles. The summed E-state index contributed by atoms with van der Waals surface area (Å²) in [6.07, 6.45) is 4.04. The van der Waals surface area contributed by atoms with E-state index in [1.165, 1.54) is 13.4 Å². The summed E-state index contributed by atoms with van der Waals surface area (Å²) in [5.74, 6) is 0.230. The monoisotopic (exact) mass is 270 g/mol. The van der Waals surface area contributed by atoms with Gasteiger partial charge in [-0.15, -0.1) is 0 Å². The van der Waals surface area contributed by atoms with E-state index in [-0.39, 0.29) is 17.2 Å². The highest BCUT2D eigenvalue weighted by molar-refractivity contribution is 6.32. The van der Waals surface area contributed by atoms with E-state index < -0.39 is 0 Å². The Bertz CT molecular complexity index is 455. The van der Waals surface area contributed by atoms with Gasteiger partial charge in [-0.05, 0) is 19.3 Å². The molecule has 1 aliphatic rings. The summed E-state index contributed by atoms with van der Waals surface area (Å²) in [6.45, 7) is 0.706. The molecular weight excluding hydrogens is 256 g/mol. The van der Waals surface area contributed by atoms with Gasteiger partial charge in [0.15, 0.2) is 11.0 Å². The zero-order valence-electron chi connectivity index (χ0n) is 10.1. The van der Waals surface area contributed by atoms with E-state index in [4.69, 9.17) is 22.1 Å². The van der Waals surface area contributed by atoms with E-state index in [1.807, 2.05) is 4.90 Å².